The fourth-order valence-corrected chi connectivity index (χ4v) is 2.87. The van der Waals surface area contributed by atoms with Crippen LogP contribution in [0.3, 0.4) is 0 Å². The van der Waals surface area contributed by atoms with Gasteiger partial charge in [-0.3, -0.25) is 0 Å². The molecule has 1 N–H and O–H groups in total. The molecule has 0 radical (unpaired) electrons. The zero-order valence-corrected chi connectivity index (χ0v) is 12.8. The molecule has 2 heterocycles. The lowest BCUT2D eigenvalue weighted by Gasteiger charge is -2.31. The van der Waals surface area contributed by atoms with Gasteiger partial charge in [0, 0.05) is 19.2 Å². The first-order chi connectivity index (χ1) is 10.2. The maximum Gasteiger partial charge on any atom is 0.135 e. The van der Waals surface area contributed by atoms with Crippen LogP contribution < -0.4 is 10.2 Å². The van der Waals surface area contributed by atoms with Gasteiger partial charge in [-0.25, -0.2) is 9.97 Å². The van der Waals surface area contributed by atoms with Gasteiger partial charge in [-0.1, -0.05) is 30.7 Å². The number of para-hydroxylation sites is 1. The van der Waals surface area contributed by atoms with Gasteiger partial charge in [0.2, 0.25) is 0 Å². The van der Waals surface area contributed by atoms with Crippen LogP contribution in [0, 0.1) is 5.92 Å². The second-order valence-corrected chi connectivity index (χ2v) is 5.97. The van der Waals surface area contributed by atoms with Crippen LogP contribution in [0.15, 0.2) is 36.7 Å². The summed E-state index contributed by atoms with van der Waals surface area (Å²) in [6.07, 6.45) is 4.12. The SMILES string of the molecule is CC1CCCN(c2cc(Nc3ccccc3Cl)ncn2)C1. The first-order valence-electron chi connectivity index (χ1n) is 7.31. The summed E-state index contributed by atoms with van der Waals surface area (Å²) >= 11 is 6.17. The van der Waals surface area contributed by atoms with Crippen LogP contribution in [0.4, 0.5) is 17.3 Å². The van der Waals surface area contributed by atoms with Crippen molar-refractivity contribution in [3.8, 4) is 0 Å². The van der Waals surface area contributed by atoms with Crippen molar-refractivity contribution in [3.05, 3.63) is 41.7 Å². The van der Waals surface area contributed by atoms with Crippen LogP contribution in [0.5, 0.6) is 0 Å². The maximum absolute atomic E-state index is 6.17. The number of nitrogens with zero attached hydrogens (tertiary/aromatic N) is 3. The van der Waals surface area contributed by atoms with Crippen molar-refractivity contribution >= 4 is 28.9 Å². The molecule has 1 aliphatic heterocycles. The quantitative estimate of drug-likeness (QED) is 0.926. The molecule has 110 valence electrons. The second-order valence-electron chi connectivity index (χ2n) is 5.56. The third-order valence-electron chi connectivity index (χ3n) is 3.77. The van der Waals surface area contributed by atoms with E-state index in [0.717, 1.165) is 30.4 Å². The molecule has 0 bridgehead atoms. The Bertz CT molecular complexity index is 617. The van der Waals surface area contributed by atoms with Gasteiger partial charge in [0.1, 0.15) is 18.0 Å². The topological polar surface area (TPSA) is 41.0 Å². The first kappa shape index (κ1) is 14.1. The lowest BCUT2D eigenvalue weighted by Crippen LogP contribution is -2.34. The van der Waals surface area contributed by atoms with E-state index in [1.807, 2.05) is 30.3 Å². The second kappa shape index (κ2) is 6.31. The van der Waals surface area contributed by atoms with Gasteiger partial charge in [-0.15, -0.1) is 0 Å². The van der Waals surface area contributed by atoms with E-state index >= 15 is 0 Å². The van der Waals surface area contributed by atoms with E-state index in [1.54, 1.807) is 6.33 Å². The van der Waals surface area contributed by atoms with E-state index in [0.29, 0.717) is 10.9 Å². The highest BCUT2D eigenvalue weighted by Crippen LogP contribution is 2.26. The summed E-state index contributed by atoms with van der Waals surface area (Å²) in [6, 6.07) is 9.64. The Labute approximate surface area is 130 Å². The number of hydrogen-bond acceptors (Lipinski definition) is 4. The summed E-state index contributed by atoms with van der Waals surface area (Å²) in [7, 11) is 0. The Morgan fingerprint density at radius 2 is 2.14 bits per heavy atom. The molecule has 1 fully saturated rings. The standard InChI is InChI=1S/C16H19ClN4/c1-12-5-4-8-21(10-12)16-9-15(18-11-19-16)20-14-7-3-2-6-13(14)17/h2-3,6-7,9,11-12H,4-5,8,10H2,1H3,(H,18,19,20). The summed E-state index contributed by atoms with van der Waals surface area (Å²) < 4.78 is 0. The number of anilines is 3. The van der Waals surface area contributed by atoms with Crippen LogP contribution in [-0.2, 0) is 0 Å². The van der Waals surface area contributed by atoms with Crippen LogP contribution >= 0.6 is 11.6 Å². The molecule has 0 saturated carbocycles. The minimum atomic E-state index is 0.684. The van der Waals surface area contributed by atoms with Crippen LogP contribution in [0.2, 0.25) is 5.02 Å². The van der Waals surface area contributed by atoms with Gasteiger partial charge in [0.25, 0.3) is 0 Å². The van der Waals surface area contributed by atoms with Crippen molar-refractivity contribution in [3.63, 3.8) is 0 Å². The van der Waals surface area contributed by atoms with Crippen molar-refractivity contribution in [1.29, 1.82) is 0 Å². The maximum atomic E-state index is 6.17. The van der Waals surface area contributed by atoms with E-state index in [2.05, 4.69) is 27.1 Å². The third-order valence-corrected chi connectivity index (χ3v) is 4.10. The molecule has 1 saturated heterocycles. The van der Waals surface area contributed by atoms with Gasteiger partial charge >= 0.3 is 0 Å². The van der Waals surface area contributed by atoms with Crippen LogP contribution in [0.1, 0.15) is 19.8 Å². The third kappa shape index (κ3) is 3.45. The van der Waals surface area contributed by atoms with E-state index in [4.69, 9.17) is 11.6 Å². The van der Waals surface area contributed by atoms with Crippen molar-refractivity contribution < 1.29 is 0 Å². The summed E-state index contributed by atoms with van der Waals surface area (Å²) in [4.78, 5) is 11.0. The van der Waals surface area contributed by atoms with E-state index in [1.165, 1.54) is 12.8 Å². The van der Waals surface area contributed by atoms with E-state index in [-0.39, 0.29) is 0 Å². The summed E-state index contributed by atoms with van der Waals surface area (Å²) in [6.45, 7) is 4.41. The Balaban J connectivity index is 1.78. The van der Waals surface area contributed by atoms with E-state index in [9.17, 15) is 0 Å². The number of nitrogens with one attached hydrogen (secondary N) is 1. The minimum absolute atomic E-state index is 0.684. The fourth-order valence-electron chi connectivity index (χ4n) is 2.69. The molecule has 5 heteroatoms. The molecule has 1 atom stereocenters. The lowest BCUT2D eigenvalue weighted by atomic mass is 10.0. The molecule has 2 aromatic rings. The number of halogens is 1. The fraction of sp³-hybridized carbons (Fsp3) is 0.375. The molecule has 0 amide bonds. The number of rotatable bonds is 3. The highest BCUT2D eigenvalue weighted by atomic mass is 35.5. The number of aromatic nitrogens is 2. The molecule has 1 unspecified atom stereocenters. The minimum Gasteiger partial charge on any atom is -0.356 e. The van der Waals surface area contributed by atoms with Gasteiger partial charge in [0.05, 0.1) is 10.7 Å². The zero-order chi connectivity index (χ0) is 14.7. The summed E-state index contributed by atoms with van der Waals surface area (Å²) in [5.74, 6) is 2.46. The average molecular weight is 303 g/mol. The van der Waals surface area contributed by atoms with Crippen molar-refractivity contribution in [2.24, 2.45) is 5.92 Å². The molecule has 0 aliphatic carbocycles. The average Bonchev–Trinajstić information content (AvgIpc) is 2.50. The molecule has 1 aliphatic rings. The van der Waals surface area contributed by atoms with Crippen LogP contribution in [-0.4, -0.2) is 23.1 Å². The number of hydrogen-bond donors (Lipinski definition) is 1. The van der Waals surface area contributed by atoms with Gasteiger partial charge in [-0.05, 0) is 30.9 Å². The molecule has 1 aromatic carbocycles. The van der Waals surface area contributed by atoms with Gasteiger partial charge in [-0.2, -0.15) is 0 Å². The molecular formula is C16H19ClN4. The molecule has 3 rings (SSSR count). The molecule has 1 aromatic heterocycles. The highest BCUT2D eigenvalue weighted by Gasteiger charge is 2.18. The monoisotopic (exact) mass is 302 g/mol. The molecular weight excluding hydrogens is 284 g/mol. The Hall–Kier alpha value is -1.81. The van der Waals surface area contributed by atoms with E-state index < -0.39 is 0 Å². The lowest BCUT2D eigenvalue weighted by molar-refractivity contribution is 0.444. The van der Waals surface area contributed by atoms with Crippen molar-refractivity contribution in [2.75, 3.05) is 23.3 Å². The van der Waals surface area contributed by atoms with Gasteiger partial charge in [0.15, 0.2) is 0 Å². The number of benzene rings is 1. The Kier molecular flexibility index (Phi) is 4.25. The normalized spacial score (nSPS) is 18.6. The molecule has 21 heavy (non-hydrogen) atoms. The predicted octanol–water partition coefficient (Wildman–Crippen LogP) is 4.11. The van der Waals surface area contributed by atoms with Gasteiger partial charge < -0.3 is 10.2 Å². The van der Waals surface area contributed by atoms with Crippen molar-refractivity contribution in [1.82, 2.24) is 9.97 Å². The largest absolute Gasteiger partial charge is 0.356 e. The molecule has 4 nitrogen and oxygen atoms in total. The predicted molar refractivity (Wildman–Crippen MR) is 87.4 cm³/mol. The Morgan fingerprint density at radius 3 is 2.95 bits per heavy atom. The van der Waals surface area contributed by atoms with Crippen LogP contribution in [0.25, 0.3) is 0 Å². The summed E-state index contributed by atoms with van der Waals surface area (Å²) in [5, 5.41) is 3.94. The highest BCUT2D eigenvalue weighted by molar-refractivity contribution is 6.33. The zero-order valence-electron chi connectivity index (χ0n) is 12.1. The first-order valence-corrected chi connectivity index (χ1v) is 7.69. The summed E-state index contributed by atoms with van der Waals surface area (Å²) in [5.41, 5.74) is 0.857. The number of piperidine rings is 1. The Morgan fingerprint density at radius 1 is 1.29 bits per heavy atom. The van der Waals surface area contributed by atoms with Crippen molar-refractivity contribution in [2.45, 2.75) is 19.8 Å². The molecule has 0 spiro atoms. The smallest absolute Gasteiger partial charge is 0.135 e.